The molecule has 0 saturated carbocycles. The molecule has 4 nitrogen and oxygen atoms in total. The molecule has 0 fully saturated rings. The molecule has 2 aromatic rings. The number of aliphatic hydroxyl groups is 1. The van der Waals surface area contributed by atoms with Crippen molar-refractivity contribution in [1.29, 1.82) is 0 Å². The summed E-state index contributed by atoms with van der Waals surface area (Å²) >= 11 is 1.47. The van der Waals surface area contributed by atoms with Gasteiger partial charge in [-0.1, -0.05) is 25.5 Å². The van der Waals surface area contributed by atoms with E-state index >= 15 is 0 Å². The number of sulfonamides is 1. The van der Waals surface area contributed by atoms with Crippen molar-refractivity contribution in [3.05, 3.63) is 52.2 Å². The molecule has 0 spiro atoms. The van der Waals surface area contributed by atoms with Gasteiger partial charge in [0.2, 0.25) is 10.0 Å². The molecule has 0 aliphatic rings. The molecule has 114 valence electrons. The van der Waals surface area contributed by atoms with Crippen LogP contribution in [0.25, 0.3) is 0 Å². The summed E-state index contributed by atoms with van der Waals surface area (Å²) < 4.78 is 26.8. The molecule has 21 heavy (non-hydrogen) atoms. The van der Waals surface area contributed by atoms with Gasteiger partial charge in [0.1, 0.15) is 0 Å². The van der Waals surface area contributed by atoms with Crippen LogP contribution < -0.4 is 4.72 Å². The number of hydrogen-bond donors (Lipinski definition) is 2. The minimum Gasteiger partial charge on any atom is -0.387 e. The predicted molar refractivity (Wildman–Crippen MR) is 84.9 cm³/mol. The Morgan fingerprint density at radius 2 is 1.95 bits per heavy atom. The topological polar surface area (TPSA) is 66.4 Å². The highest BCUT2D eigenvalue weighted by Crippen LogP contribution is 2.17. The Morgan fingerprint density at radius 3 is 2.52 bits per heavy atom. The molecular formula is C15H19NO3S2. The van der Waals surface area contributed by atoms with Gasteiger partial charge in [-0.25, -0.2) is 13.1 Å². The van der Waals surface area contributed by atoms with Crippen molar-refractivity contribution in [2.45, 2.75) is 30.8 Å². The van der Waals surface area contributed by atoms with Crippen LogP contribution in [0.2, 0.25) is 0 Å². The van der Waals surface area contributed by atoms with Crippen molar-refractivity contribution in [2.24, 2.45) is 0 Å². The zero-order valence-electron chi connectivity index (χ0n) is 11.8. The Labute approximate surface area is 129 Å². The van der Waals surface area contributed by atoms with E-state index in [1.165, 1.54) is 11.3 Å². The molecule has 0 radical (unpaired) electrons. The third-order valence-electron chi connectivity index (χ3n) is 3.17. The largest absolute Gasteiger partial charge is 0.387 e. The Kier molecular flexibility index (Phi) is 5.52. The van der Waals surface area contributed by atoms with E-state index in [1.54, 1.807) is 23.6 Å². The van der Waals surface area contributed by atoms with Crippen LogP contribution in [0.15, 0.2) is 46.0 Å². The second kappa shape index (κ2) is 7.17. The van der Waals surface area contributed by atoms with Gasteiger partial charge >= 0.3 is 0 Å². The highest BCUT2D eigenvalue weighted by atomic mass is 32.2. The van der Waals surface area contributed by atoms with Gasteiger partial charge in [-0.15, -0.1) is 0 Å². The molecule has 6 heteroatoms. The highest BCUT2D eigenvalue weighted by molar-refractivity contribution is 7.89. The van der Waals surface area contributed by atoms with Crippen LogP contribution in [0, 0.1) is 0 Å². The van der Waals surface area contributed by atoms with E-state index in [0.29, 0.717) is 0 Å². The number of aliphatic hydroxyl groups excluding tert-OH is 1. The SMILES string of the molecule is CCCc1ccc(S(=O)(=O)NCC(O)c2ccsc2)cc1. The summed E-state index contributed by atoms with van der Waals surface area (Å²) in [5.41, 5.74) is 1.84. The van der Waals surface area contributed by atoms with Crippen LogP contribution in [-0.4, -0.2) is 20.1 Å². The second-order valence-electron chi connectivity index (χ2n) is 4.82. The van der Waals surface area contributed by atoms with Gasteiger partial charge in [0.05, 0.1) is 11.0 Å². The Morgan fingerprint density at radius 1 is 1.24 bits per heavy atom. The molecule has 0 bridgehead atoms. The number of benzene rings is 1. The number of rotatable bonds is 7. The first-order chi connectivity index (χ1) is 10.0. The van der Waals surface area contributed by atoms with E-state index in [4.69, 9.17) is 0 Å². The fourth-order valence-corrected chi connectivity index (χ4v) is 3.72. The van der Waals surface area contributed by atoms with Crippen molar-refractivity contribution in [1.82, 2.24) is 4.72 Å². The maximum atomic E-state index is 12.2. The van der Waals surface area contributed by atoms with Crippen LogP contribution in [0.5, 0.6) is 0 Å². The molecule has 1 heterocycles. The van der Waals surface area contributed by atoms with Crippen molar-refractivity contribution < 1.29 is 13.5 Å². The molecule has 1 atom stereocenters. The highest BCUT2D eigenvalue weighted by Gasteiger charge is 2.16. The normalized spacial score (nSPS) is 13.2. The van der Waals surface area contributed by atoms with Crippen LogP contribution in [-0.2, 0) is 16.4 Å². The van der Waals surface area contributed by atoms with Gasteiger partial charge in [0.25, 0.3) is 0 Å². The van der Waals surface area contributed by atoms with Gasteiger partial charge in [0, 0.05) is 6.54 Å². The number of hydrogen-bond acceptors (Lipinski definition) is 4. The molecule has 1 aromatic carbocycles. The Balaban J connectivity index is 2.01. The summed E-state index contributed by atoms with van der Waals surface area (Å²) in [5, 5.41) is 13.6. The average Bonchev–Trinajstić information content (AvgIpc) is 3.00. The smallest absolute Gasteiger partial charge is 0.240 e. The molecule has 2 rings (SSSR count). The van der Waals surface area contributed by atoms with Crippen molar-refractivity contribution in [3.63, 3.8) is 0 Å². The summed E-state index contributed by atoms with van der Waals surface area (Å²) in [5.74, 6) is 0. The monoisotopic (exact) mass is 325 g/mol. The van der Waals surface area contributed by atoms with Crippen LogP contribution in [0.3, 0.4) is 0 Å². The van der Waals surface area contributed by atoms with Crippen LogP contribution in [0.1, 0.15) is 30.6 Å². The molecule has 0 saturated heterocycles. The van der Waals surface area contributed by atoms with Gasteiger partial charge in [-0.3, -0.25) is 0 Å². The predicted octanol–water partition coefficient (Wildman–Crippen LogP) is 2.71. The van der Waals surface area contributed by atoms with E-state index in [9.17, 15) is 13.5 Å². The van der Waals surface area contributed by atoms with Crippen molar-refractivity contribution >= 4 is 21.4 Å². The second-order valence-corrected chi connectivity index (χ2v) is 7.37. The first kappa shape index (κ1) is 16.2. The third-order valence-corrected chi connectivity index (χ3v) is 5.31. The Bertz CT molecular complexity index is 649. The number of nitrogens with one attached hydrogen (secondary N) is 1. The van der Waals surface area contributed by atoms with Gasteiger partial charge in [0.15, 0.2) is 0 Å². The maximum Gasteiger partial charge on any atom is 0.240 e. The maximum absolute atomic E-state index is 12.2. The minimum absolute atomic E-state index is 0.0320. The summed E-state index contributed by atoms with van der Waals surface area (Å²) in [4.78, 5) is 0.222. The van der Waals surface area contributed by atoms with Gasteiger partial charge < -0.3 is 5.11 Å². The zero-order valence-corrected chi connectivity index (χ0v) is 13.5. The first-order valence-corrected chi connectivity index (χ1v) is 9.24. The number of aryl methyl sites for hydroxylation is 1. The molecule has 0 amide bonds. The lowest BCUT2D eigenvalue weighted by Crippen LogP contribution is -2.28. The molecular weight excluding hydrogens is 306 g/mol. The molecule has 2 N–H and O–H groups in total. The van der Waals surface area contributed by atoms with E-state index in [0.717, 1.165) is 24.0 Å². The average molecular weight is 325 g/mol. The van der Waals surface area contributed by atoms with E-state index in [-0.39, 0.29) is 11.4 Å². The summed E-state index contributed by atoms with van der Waals surface area (Å²) in [6.07, 6.45) is 1.13. The Hall–Kier alpha value is -1.21. The van der Waals surface area contributed by atoms with Gasteiger partial charge in [-0.05, 0) is 46.5 Å². The standard InChI is InChI=1S/C15H19NO3S2/c1-2-3-12-4-6-14(7-5-12)21(18,19)16-10-15(17)13-8-9-20-11-13/h4-9,11,15-17H,2-3,10H2,1H3. The fourth-order valence-electron chi connectivity index (χ4n) is 1.98. The third kappa shape index (κ3) is 4.38. The molecule has 1 aromatic heterocycles. The summed E-state index contributed by atoms with van der Waals surface area (Å²) in [6.45, 7) is 2.05. The van der Waals surface area contributed by atoms with Crippen LogP contribution >= 0.6 is 11.3 Å². The fraction of sp³-hybridized carbons (Fsp3) is 0.333. The number of thiophene rings is 1. The lowest BCUT2D eigenvalue weighted by Gasteiger charge is -2.11. The first-order valence-electron chi connectivity index (χ1n) is 6.81. The van der Waals surface area contributed by atoms with Crippen molar-refractivity contribution in [2.75, 3.05) is 6.54 Å². The zero-order chi connectivity index (χ0) is 15.3. The molecule has 0 aliphatic carbocycles. The van der Waals surface area contributed by atoms with Crippen molar-refractivity contribution in [3.8, 4) is 0 Å². The van der Waals surface area contributed by atoms with Crippen LogP contribution in [0.4, 0.5) is 0 Å². The van der Waals surface area contributed by atoms with E-state index < -0.39 is 16.1 Å². The summed E-state index contributed by atoms with van der Waals surface area (Å²) in [6, 6.07) is 8.64. The minimum atomic E-state index is -3.58. The van der Waals surface area contributed by atoms with Gasteiger partial charge in [-0.2, -0.15) is 11.3 Å². The van der Waals surface area contributed by atoms with E-state index in [2.05, 4.69) is 11.6 Å². The van der Waals surface area contributed by atoms with E-state index in [1.807, 2.05) is 17.5 Å². The lowest BCUT2D eigenvalue weighted by molar-refractivity contribution is 0.182. The molecule has 1 unspecified atom stereocenters. The lowest BCUT2D eigenvalue weighted by atomic mass is 10.1. The summed E-state index contributed by atoms with van der Waals surface area (Å²) in [7, 11) is -3.58. The molecule has 0 aliphatic heterocycles. The quantitative estimate of drug-likeness (QED) is 0.822.